The molecule has 0 aromatic heterocycles. The second-order valence-corrected chi connectivity index (χ2v) is 2.73. The molecule has 1 aromatic carbocycles. The van der Waals surface area contributed by atoms with Gasteiger partial charge in [0.1, 0.15) is 0 Å². The number of carbonyl (C=O) groups is 2. The molecule has 0 aliphatic rings. The Hall–Kier alpha value is -1.84. The highest BCUT2D eigenvalue weighted by molar-refractivity contribution is 6.03. The van der Waals surface area contributed by atoms with Crippen molar-refractivity contribution in [3.8, 4) is 0 Å². The Morgan fingerprint density at radius 1 is 1.05 bits per heavy atom. The third-order valence-corrected chi connectivity index (χ3v) is 1.61. The average Bonchev–Trinajstić information content (AvgIpc) is 2.76. The number of ether oxygens (including phenoxy) is 2. The van der Waals surface area contributed by atoms with E-state index in [0.29, 0.717) is 0 Å². The van der Waals surface area contributed by atoms with Crippen LogP contribution in [0.4, 0.5) is 0 Å². The van der Waals surface area contributed by atoms with Gasteiger partial charge in [0.2, 0.25) is 0 Å². The number of carbonyl (C=O) groups excluding carboxylic acids is 2. The lowest BCUT2D eigenvalue weighted by Gasteiger charge is -2.09. The van der Waals surface area contributed by atoms with Crippen molar-refractivity contribution < 1.29 is 49.2 Å². The fourth-order valence-corrected chi connectivity index (χ4v) is 0.916. The molecule has 0 fully saturated rings. The molecule has 0 saturated carbocycles. The van der Waals surface area contributed by atoms with Crippen molar-refractivity contribution in [3.63, 3.8) is 0 Å². The predicted molar refractivity (Wildman–Crippen MR) is 76.8 cm³/mol. The maximum absolute atomic E-state index is 12.9. The highest BCUT2D eigenvalue weighted by atomic mass is 16.5. The standard InChI is InChI=1S/C16H22O4/c1-3-5-11-19-15(17)13-9-7-8-10-14(13)16(18)20-12-6-4-2/h7-10H,3-6,11-12H2,1-2H3/i1D3,2D3,3D2,4D2,5D2,6D2,7D,8D,9D,10D,11D2,12D2. The van der Waals surface area contributed by atoms with Gasteiger partial charge in [0.05, 0.1) is 35.2 Å². The first-order valence-electron chi connectivity index (χ1n) is 15.7. The molecule has 0 atom stereocenters. The molecule has 0 amide bonds. The Kier molecular flexibility index (Phi) is 1.51. The summed E-state index contributed by atoms with van der Waals surface area (Å²) in [5.74, 6) is -4.68. The van der Waals surface area contributed by atoms with E-state index in [-0.39, 0.29) is 0 Å². The quantitative estimate of drug-likeness (QED) is 0.688. The molecule has 0 saturated heterocycles. The summed E-state index contributed by atoms with van der Waals surface area (Å²) in [6, 6.07) is -5.63. The minimum Gasteiger partial charge on any atom is -0.462 e. The molecule has 0 aliphatic carbocycles. The maximum Gasteiger partial charge on any atom is 0.339 e. The van der Waals surface area contributed by atoms with Crippen LogP contribution in [0.25, 0.3) is 0 Å². The largest absolute Gasteiger partial charge is 0.462 e. The molecular formula is C16H22O4. The maximum atomic E-state index is 12.9. The van der Waals surface area contributed by atoms with E-state index in [1.54, 1.807) is 0 Å². The Bertz CT molecular complexity index is 1150. The molecule has 4 nitrogen and oxygen atoms in total. The molecule has 20 heavy (non-hydrogen) atoms. The number of hydrogen-bond donors (Lipinski definition) is 0. The minimum absolute atomic E-state index is 1.30. The predicted octanol–water partition coefficient (Wildman–Crippen LogP) is 3.60. The summed E-state index contributed by atoms with van der Waals surface area (Å²) in [6.45, 7) is -16.2. The van der Waals surface area contributed by atoms with Crippen LogP contribution in [0, 0.1) is 0 Å². The van der Waals surface area contributed by atoms with Crippen LogP contribution in [-0.2, 0) is 9.47 Å². The van der Waals surface area contributed by atoms with Crippen molar-refractivity contribution >= 4 is 11.9 Å². The molecule has 0 N–H and O–H groups in total. The summed E-state index contributed by atoms with van der Waals surface area (Å²) in [5, 5.41) is 0. The molecule has 0 spiro atoms. The fraction of sp³-hybridized carbons (Fsp3) is 0.500. The number of esters is 2. The summed E-state index contributed by atoms with van der Waals surface area (Å²) >= 11 is 0. The third kappa shape index (κ3) is 5.03. The number of rotatable bonds is 8. The van der Waals surface area contributed by atoms with Crippen molar-refractivity contribution in [1.82, 2.24) is 0 Å². The van der Waals surface area contributed by atoms with E-state index < -0.39 is 99.5 Å². The normalized spacial score (nSPS) is 31.8. The van der Waals surface area contributed by atoms with Crippen LogP contribution >= 0.6 is 0 Å². The number of benzene rings is 1. The smallest absolute Gasteiger partial charge is 0.339 e. The van der Waals surface area contributed by atoms with Crippen LogP contribution in [-0.4, -0.2) is 25.1 Å². The minimum atomic E-state index is -4.23. The van der Waals surface area contributed by atoms with Gasteiger partial charge in [0.25, 0.3) is 0 Å². The van der Waals surface area contributed by atoms with E-state index in [0.717, 1.165) is 0 Å². The Balaban J connectivity index is 3.81. The molecular weight excluding hydrogens is 256 g/mol. The SMILES string of the molecule is [2H]c1c([2H])c([2H])c(C(=O)OC([2H])([2H])C([2H])([2H])C([2H])([2H])C([2H])([2H])[2H])c(C(=O)OC([2H])([2H])C([2H])([2H])C([2H])([2H])C([2H])([2H])[2H])c1[2H]. The van der Waals surface area contributed by atoms with E-state index in [1.807, 2.05) is 0 Å². The lowest BCUT2D eigenvalue weighted by Crippen LogP contribution is -2.14. The van der Waals surface area contributed by atoms with Crippen LogP contribution in [0.1, 0.15) is 90.1 Å². The number of hydrogen-bond acceptors (Lipinski definition) is 4. The molecule has 0 aliphatic heterocycles. The van der Waals surface area contributed by atoms with Crippen LogP contribution in [0.3, 0.4) is 0 Å². The van der Waals surface area contributed by atoms with Crippen LogP contribution in [0.2, 0.25) is 0 Å². The molecule has 4 heteroatoms. The van der Waals surface area contributed by atoms with Gasteiger partial charge >= 0.3 is 11.9 Å². The van der Waals surface area contributed by atoms with Gasteiger partial charge in [-0.05, 0) is 24.8 Å². The van der Waals surface area contributed by atoms with Crippen LogP contribution < -0.4 is 0 Å². The van der Waals surface area contributed by atoms with Gasteiger partial charge in [0.15, 0.2) is 0 Å². The molecule has 1 aromatic rings. The highest BCUT2D eigenvalue weighted by Gasteiger charge is 2.18. The topological polar surface area (TPSA) is 52.6 Å². The van der Waals surface area contributed by atoms with Gasteiger partial charge in [-0.15, -0.1) is 0 Å². The van der Waals surface area contributed by atoms with E-state index in [1.165, 1.54) is 0 Å². The van der Waals surface area contributed by atoms with Gasteiger partial charge in [-0.1, -0.05) is 38.5 Å². The molecule has 0 unspecified atom stereocenters. The Labute approximate surface area is 151 Å². The van der Waals surface area contributed by atoms with E-state index >= 15 is 0 Å². The van der Waals surface area contributed by atoms with Crippen molar-refractivity contribution in [2.75, 3.05) is 13.1 Å². The first-order chi connectivity index (χ1) is 18.2. The Morgan fingerprint density at radius 3 is 1.90 bits per heavy atom. The van der Waals surface area contributed by atoms with Gasteiger partial charge in [0, 0.05) is 19.2 Å². The molecule has 110 valence electrons. The lowest BCUT2D eigenvalue weighted by molar-refractivity contribution is 0.0452. The first kappa shape index (κ1) is 3.32. The zero-order valence-electron chi connectivity index (χ0n) is 31.6. The van der Waals surface area contributed by atoms with Crippen molar-refractivity contribution in [3.05, 3.63) is 35.3 Å². The van der Waals surface area contributed by atoms with Crippen molar-refractivity contribution in [1.29, 1.82) is 0 Å². The zero-order chi connectivity index (χ0) is 34.0. The van der Waals surface area contributed by atoms with Crippen LogP contribution in [0.15, 0.2) is 24.2 Å². The monoisotopic (exact) mass is 300 g/mol. The van der Waals surface area contributed by atoms with Gasteiger partial charge in [-0.3, -0.25) is 0 Å². The lowest BCUT2D eigenvalue weighted by atomic mass is 10.1. The van der Waals surface area contributed by atoms with Crippen LogP contribution in [0.5, 0.6) is 0 Å². The van der Waals surface area contributed by atoms with Crippen molar-refractivity contribution in [2.45, 2.75) is 39.2 Å². The zero-order valence-corrected chi connectivity index (χ0v) is 9.63. The molecule has 0 radical (unpaired) electrons. The summed E-state index contributed by atoms with van der Waals surface area (Å²) in [6.07, 6.45) is -16.5. The first-order valence-corrected chi connectivity index (χ1v) is 4.72. The summed E-state index contributed by atoms with van der Waals surface area (Å²) in [4.78, 5) is 25.9. The summed E-state index contributed by atoms with van der Waals surface area (Å²) < 4.78 is 175. The average molecular weight is 300 g/mol. The summed E-state index contributed by atoms with van der Waals surface area (Å²) in [7, 11) is 0. The van der Waals surface area contributed by atoms with Gasteiger partial charge in [-0.25, -0.2) is 9.59 Å². The van der Waals surface area contributed by atoms with Crippen molar-refractivity contribution in [2.24, 2.45) is 0 Å². The highest BCUT2D eigenvalue weighted by Crippen LogP contribution is 2.12. The second kappa shape index (κ2) is 9.13. The van der Waals surface area contributed by atoms with Gasteiger partial charge in [-0.2, -0.15) is 0 Å². The van der Waals surface area contributed by atoms with E-state index in [2.05, 4.69) is 9.47 Å². The van der Waals surface area contributed by atoms with E-state index in [9.17, 15) is 9.59 Å². The molecule has 0 heterocycles. The van der Waals surface area contributed by atoms with Gasteiger partial charge < -0.3 is 9.47 Å². The molecule has 1 rings (SSSR count). The molecule has 0 bridgehead atoms. The third-order valence-electron chi connectivity index (χ3n) is 1.61. The van der Waals surface area contributed by atoms with E-state index in [4.69, 9.17) is 30.2 Å². The second-order valence-electron chi connectivity index (χ2n) is 2.73. The Morgan fingerprint density at radius 2 is 1.50 bits per heavy atom. The summed E-state index contributed by atoms with van der Waals surface area (Å²) in [5.41, 5.74) is -3.37. The fourth-order valence-electron chi connectivity index (χ4n) is 0.916.